The number of likely N-dealkylation sites (tertiary alicyclic amines) is 1. The fourth-order valence-corrected chi connectivity index (χ4v) is 6.40. The molecule has 0 aliphatic carbocycles. The van der Waals surface area contributed by atoms with E-state index in [1.807, 2.05) is 13.8 Å². The van der Waals surface area contributed by atoms with Crippen molar-refractivity contribution < 1.29 is 61.0 Å². The van der Waals surface area contributed by atoms with Gasteiger partial charge in [-0.25, -0.2) is 22.9 Å². The molecule has 16 nitrogen and oxygen atoms in total. The Bertz CT molecular complexity index is 1950. The van der Waals surface area contributed by atoms with Crippen molar-refractivity contribution in [3.8, 4) is 22.8 Å². The molecule has 7 N–H and O–H groups in total. The number of hydrogen-bond acceptors (Lipinski definition) is 13. The molecule has 21 heteroatoms. The first kappa shape index (κ1) is 48.9. The third-order valence-electron chi connectivity index (χ3n) is 7.46. The highest BCUT2D eigenvalue weighted by atomic mass is 32.2. The second kappa shape index (κ2) is 23.2. The number of carbonyl (C=O) groups excluding carboxylic acids is 3. The smallest absolute Gasteiger partial charge is 0.340 e. The third kappa shape index (κ3) is 15.9. The van der Waals surface area contributed by atoms with Crippen LogP contribution in [0, 0.1) is 11.6 Å². The first-order valence-electron chi connectivity index (χ1n) is 17.7. The number of anilines is 2. The molecule has 3 aromatic rings. The van der Waals surface area contributed by atoms with Crippen LogP contribution in [0.4, 0.5) is 24.8 Å². The van der Waals surface area contributed by atoms with Crippen LogP contribution >= 0.6 is 11.8 Å². The van der Waals surface area contributed by atoms with E-state index in [1.165, 1.54) is 24.3 Å². The lowest BCUT2D eigenvalue weighted by atomic mass is 10.0. The minimum absolute atomic E-state index is 0.00536. The van der Waals surface area contributed by atoms with Gasteiger partial charge in [0.25, 0.3) is 0 Å². The highest BCUT2D eigenvalue weighted by molar-refractivity contribution is 8.00. The number of nitrogens with zero attached hydrogens (tertiary/aromatic N) is 3. The monoisotopic (exact) mass is 856 g/mol. The van der Waals surface area contributed by atoms with Gasteiger partial charge in [-0.1, -0.05) is 13.8 Å². The van der Waals surface area contributed by atoms with E-state index in [4.69, 9.17) is 31.2 Å². The Morgan fingerprint density at radius 1 is 1.07 bits per heavy atom. The number of amides is 3. The molecule has 0 saturated carbocycles. The second-order valence-electron chi connectivity index (χ2n) is 12.6. The van der Waals surface area contributed by atoms with E-state index in [-0.39, 0.29) is 49.0 Å². The number of ether oxygens (including phenoxy) is 2. The summed E-state index contributed by atoms with van der Waals surface area (Å²) in [6.07, 6.45) is 3.12. The van der Waals surface area contributed by atoms with Crippen molar-refractivity contribution in [2.45, 2.75) is 69.7 Å². The number of carbonyl (C=O) groups is 5. The lowest BCUT2D eigenvalue weighted by molar-refractivity contribution is -0.148. The zero-order chi connectivity index (χ0) is 43.7. The summed E-state index contributed by atoms with van der Waals surface area (Å²) in [6, 6.07) is 7.87. The number of fused-ring (bicyclic) bond motifs is 6. The van der Waals surface area contributed by atoms with Gasteiger partial charge in [-0.05, 0) is 43.7 Å². The van der Waals surface area contributed by atoms with Gasteiger partial charge in [0.05, 0.1) is 24.7 Å². The standard InChI is InChI=1S/C21H19F2N3O3S.C10H15N3O5S.C4H7FO2.C2H6/c1-30(27)12-13-7-20-25-19-10-16(17(23)11-24-19)15-4-3-14(22)9-18(15)28-5-2-6-29-21(8-13)26-20;11-5(10(17)18)4-19-6-3-8(15)13(9(6)16)2-1-7(12)14;1-4(2,5)3(6)7;1-2/h3-4,7-11H,2,5-6,12H2,1H3,(H,24,25,26);5-6H,1-4,11H2,(H2,12,14)(H,17,18);1-2H3,(H,6,7);1-2H3/t;5-,6?;;/m.0../s1. The number of halogens is 3. The second-order valence-corrected chi connectivity index (χ2v) is 15.3. The number of nitrogens with two attached hydrogens (primary N) is 2. The van der Waals surface area contributed by atoms with E-state index in [2.05, 4.69) is 15.3 Å². The van der Waals surface area contributed by atoms with Gasteiger partial charge in [-0.3, -0.25) is 28.3 Å². The number of aromatic nitrogens is 2. The summed E-state index contributed by atoms with van der Waals surface area (Å²) in [4.78, 5) is 63.7. The number of rotatable bonds is 10. The summed E-state index contributed by atoms with van der Waals surface area (Å²) in [7, 11) is -1.04. The number of carboxylic acids is 2. The average molecular weight is 857 g/mol. The number of nitrogens with one attached hydrogen (secondary N) is 1. The van der Waals surface area contributed by atoms with Crippen LogP contribution in [0.1, 0.15) is 52.5 Å². The lowest BCUT2D eigenvalue weighted by Gasteiger charge is -2.16. The van der Waals surface area contributed by atoms with Gasteiger partial charge in [0.15, 0.2) is 0 Å². The molecule has 1 fully saturated rings. The molecule has 5 rings (SSSR count). The number of carboxylic acid groups (broad SMARTS) is 2. The van der Waals surface area contributed by atoms with Crippen LogP contribution in [0.15, 0.2) is 42.6 Å². The first-order valence-corrected chi connectivity index (χ1v) is 20.5. The number of benzene rings is 1. The highest BCUT2D eigenvalue weighted by Crippen LogP contribution is 2.34. The van der Waals surface area contributed by atoms with Crippen LogP contribution in [0.5, 0.6) is 11.6 Å². The Morgan fingerprint density at radius 3 is 2.33 bits per heavy atom. The molecule has 1 aromatic carbocycles. The normalized spacial score (nSPS) is 15.7. The molecule has 2 aliphatic heterocycles. The number of imide groups is 1. The van der Waals surface area contributed by atoms with Crippen molar-refractivity contribution >= 4 is 63.9 Å². The summed E-state index contributed by atoms with van der Waals surface area (Å²) in [5.74, 6) is -3.24. The summed E-state index contributed by atoms with van der Waals surface area (Å²) >= 11 is 1.04. The maximum Gasteiger partial charge on any atom is 0.340 e. The van der Waals surface area contributed by atoms with Gasteiger partial charge in [-0.15, -0.1) is 11.8 Å². The molecule has 3 amide bonds. The summed E-state index contributed by atoms with van der Waals surface area (Å²) in [6.45, 7) is 6.52. The Kier molecular flexibility index (Phi) is 19.6. The van der Waals surface area contributed by atoms with E-state index >= 15 is 0 Å². The lowest BCUT2D eigenvalue weighted by Crippen LogP contribution is -2.36. The first-order chi connectivity index (χ1) is 27.2. The number of alkyl halides is 1. The summed E-state index contributed by atoms with van der Waals surface area (Å²) in [5.41, 5.74) is 9.61. The van der Waals surface area contributed by atoms with Crippen LogP contribution in [0.3, 0.4) is 0 Å². The molecule has 58 heavy (non-hydrogen) atoms. The van der Waals surface area contributed by atoms with Gasteiger partial charge in [-0.2, -0.15) is 4.98 Å². The molecule has 0 spiro atoms. The minimum Gasteiger partial charge on any atom is -0.493 e. The molecular weight excluding hydrogens is 810 g/mol. The van der Waals surface area contributed by atoms with E-state index in [0.717, 1.165) is 42.3 Å². The van der Waals surface area contributed by atoms with E-state index in [0.29, 0.717) is 41.9 Å². The van der Waals surface area contributed by atoms with E-state index < -0.39 is 63.1 Å². The molecule has 318 valence electrons. The van der Waals surface area contributed by atoms with Crippen LogP contribution in [0.2, 0.25) is 0 Å². The fraction of sp³-hybridized carbons (Fsp3) is 0.432. The van der Waals surface area contributed by atoms with Gasteiger partial charge in [0, 0.05) is 77.6 Å². The van der Waals surface area contributed by atoms with Crippen molar-refractivity contribution in [3.63, 3.8) is 0 Å². The van der Waals surface area contributed by atoms with E-state index in [9.17, 15) is 41.4 Å². The number of pyridine rings is 2. The topological polar surface area (TPSA) is 254 Å². The van der Waals surface area contributed by atoms with Gasteiger partial charge in [0.1, 0.15) is 35.1 Å². The predicted molar refractivity (Wildman–Crippen MR) is 212 cm³/mol. The zero-order valence-corrected chi connectivity index (χ0v) is 34.1. The highest BCUT2D eigenvalue weighted by Gasteiger charge is 2.39. The maximum absolute atomic E-state index is 14.6. The quantitative estimate of drug-likeness (QED) is 0.179. The minimum atomic E-state index is -2.08. The summed E-state index contributed by atoms with van der Waals surface area (Å²) < 4.78 is 63.3. The largest absolute Gasteiger partial charge is 0.493 e. The molecule has 0 radical (unpaired) electrons. The molecule has 4 heterocycles. The van der Waals surface area contributed by atoms with Crippen LogP contribution in [-0.2, 0) is 40.5 Å². The van der Waals surface area contributed by atoms with Crippen molar-refractivity contribution in [1.29, 1.82) is 0 Å². The van der Waals surface area contributed by atoms with Crippen molar-refractivity contribution in [2.24, 2.45) is 11.5 Å². The molecule has 2 unspecified atom stereocenters. The van der Waals surface area contributed by atoms with E-state index in [1.54, 1.807) is 18.4 Å². The summed E-state index contributed by atoms with van der Waals surface area (Å²) in [5, 5.41) is 18.9. The Morgan fingerprint density at radius 2 is 1.72 bits per heavy atom. The Labute approximate surface area is 339 Å². The molecule has 2 aliphatic rings. The van der Waals surface area contributed by atoms with Gasteiger partial charge < -0.3 is 36.5 Å². The number of hydrogen-bond donors (Lipinski definition) is 5. The Balaban J connectivity index is 0.000000354. The zero-order valence-electron chi connectivity index (χ0n) is 32.5. The third-order valence-corrected chi connectivity index (χ3v) is 9.52. The van der Waals surface area contributed by atoms with Crippen molar-refractivity contribution in [2.75, 3.05) is 37.1 Å². The molecular formula is C37H47F3N6O10S2. The number of aliphatic carboxylic acids is 2. The SMILES string of the molecule is CC.CC(C)(F)C(=O)O.CS(=O)Cc1cc2nc(c1)OCCCOc1cc(F)ccc1-c1cc(ncc1F)N2.NC(=O)CCN1C(=O)CC(SC[C@H](N)C(=O)O)C1=O. The van der Waals surface area contributed by atoms with Crippen LogP contribution < -0.4 is 26.3 Å². The predicted octanol–water partition coefficient (Wildman–Crippen LogP) is 4.18. The number of thioether (sulfide) groups is 1. The average Bonchev–Trinajstić information content (AvgIpc) is 3.41. The Hall–Kier alpha value is -5.28. The number of primary amides is 1. The molecule has 2 aromatic heterocycles. The van der Waals surface area contributed by atoms with Gasteiger partial charge in [0.2, 0.25) is 29.3 Å². The molecule has 1 saturated heterocycles. The maximum atomic E-state index is 14.6. The van der Waals surface area contributed by atoms with Crippen molar-refractivity contribution in [3.05, 3.63) is 59.8 Å². The molecule has 4 bridgehead atoms. The van der Waals surface area contributed by atoms with Crippen molar-refractivity contribution in [1.82, 2.24) is 14.9 Å². The fourth-order valence-electron chi connectivity index (χ4n) is 4.65. The molecule has 3 atom stereocenters. The van der Waals surface area contributed by atoms with Gasteiger partial charge >= 0.3 is 11.9 Å². The van der Waals surface area contributed by atoms with Crippen LogP contribution in [0.25, 0.3) is 11.1 Å². The van der Waals surface area contributed by atoms with Crippen LogP contribution in [-0.4, -0.2) is 108 Å².